The summed E-state index contributed by atoms with van der Waals surface area (Å²) in [7, 11) is -3.38. The highest BCUT2D eigenvalue weighted by Crippen LogP contribution is 2.27. The van der Waals surface area contributed by atoms with E-state index in [0.29, 0.717) is 17.3 Å². The SMILES string of the molecule is O=C(NCc1ccc(S(=O)(=O)N2CCCC2)s1)c1ccco1. The molecule has 2 aromatic heterocycles. The summed E-state index contributed by atoms with van der Waals surface area (Å²) in [5.74, 6) is -0.0798. The minimum Gasteiger partial charge on any atom is -0.459 e. The lowest BCUT2D eigenvalue weighted by Crippen LogP contribution is -2.27. The first-order valence-corrected chi connectivity index (χ1v) is 9.23. The fourth-order valence-corrected chi connectivity index (χ4v) is 5.28. The summed E-state index contributed by atoms with van der Waals surface area (Å²) in [5.41, 5.74) is 0. The van der Waals surface area contributed by atoms with E-state index >= 15 is 0 Å². The molecule has 8 heteroatoms. The van der Waals surface area contributed by atoms with Gasteiger partial charge in [0, 0.05) is 18.0 Å². The Labute approximate surface area is 132 Å². The van der Waals surface area contributed by atoms with Crippen LogP contribution in [0.3, 0.4) is 0 Å². The van der Waals surface area contributed by atoms with Gasteiger partial charge in [-0.15, -0.1) is 11.3 Å². The van der Waals surface area contributed by atoms with Crippen LogP contribution in [0.15, 0.2) is 39.2 Å². The molecule has 6 nitrogen and oxygen atoms in total. The van der Waals surface area contributed by atoms with Gasteiger partial charge in [-0.25, -0.2) is 8.42 Å². The summed E-state index contributed by atoms with van der Waals surface area (Å²) in [6.07, 6.45) is 3.26. The number of nitrogens with zero attached hydrogens (tertiary/aromatic N) is 1. The molecule has 0 bridgehead atoms. The molecule has 1 saturated heterocycles. The van der Waals surface area contributed by atoms with E-state index in [9.17, 15) is 13.2 Å². The Bertz CT molecular complexity index is 744. The number of amides is 1. The standard InChI is InChI=1S/C14H16N2O4S2/c17-14(12-4-3-9-20-12)15-10-11-5-6-13(21-11)22(18,19)16-7-1-2-8-16/h3-6,9H,1-2,7-8,10H2,(H,15,17). The van der Waals surface area contributed by atoms with Crippen LogP contribution in [0.5, 0.6) is 0 Å². The molecule has 1 aliphatic rings. The number of nitrogens with one attached hydrogen (secondary N) is 1. The Kier molecular flexibility index (Phi) is 4.32. The van der Waals surface area contributed by atoms with Crippen molar-refractivity contribution in [3.05, 3.63) is 41.2 Å². The van der Waals surface area contributed by atoms with Crippen LogP contribution < -0.4 is 5.32 Å². The smallest absolute Gasteiger partial charge is 0.287 e. The van der Waals surface area contributed by atoms with E-state index in [1.807, 2.05) is 0 Å². The number of carbonyl (C=O) groups is 1. The highest BCUT2D eigenvalue weighted by Gasteiger charge is 2.28. The van der Waals surface area contributed by atoms with Gasteiger partial charge in [-0.2, -0.15) is 4.31 Å². The normalized spacial score (nSPS) is 16.0. The second-order valence-electron chi connectivity index (χ2n) is 4.99. The van der Waals surface area contributed by atoms with Crippen molar-refractivity contribution >= 4 is 27.3 Å². The van der Waals surface area contributed by atoms with Crippen molar-refractivity contribution in [1.29, 1.82) is 0 Å². The maximum atomic E-state index is 12.4. The molecule has 1 amide bonds. The maximum absolute atomic E-state index is 12.4. The minimum atomic E-state index is -3.38. The number of furan rings is 1. The summed E-state index contributed by atoms with van der Waals surface area (Å²) in [6.45, 7) is 1.45. The van der Waals surface area contributed by atoms with E-state index in [1.54, 1.807) is 24.3 Å². The number of carbonyl (C=O) groups excluding carboxylic acids is 1. The number of hydrogen-bond donors (Lipinski definition) is 1. The Balaban J connectivity index is 1.65. The molecule has 0 spiro atoms. The largest absolute Gasteiger partial charge is 0.459 e. The highest BCUT2D eigenvalue weighted by molar-refractivity contribution is 7.91. The molecule has 0 saturated carbocycles. The number of thiophene rings is 1. The predicted molar refractivity (Wildman–Crippen MR) is 82.2 cm³/mol. The molecular formula is C14H16N2O4S2. The molecule has 3 rings (SSSR count). The van der Waals surface area contributed by atoms with Crippen LogP contribution in [0, 0.1) is 0 Å². The van der Waals surface area contributed by atoms with Crippen molar-refractivity contribution in [3.8, 4) is 0 Å². The molecular weight excluding hydrogens is 324 g/mol. The fraction of sp³-hybridized carbons (Fsp3) is 0.357. The van der Waals surface area contributed by atoms with Crippen molar-refractivity contribution in [3.63, 3.8) is 0 Å². The predicted octanol–water partition coefficient (Wildman–Crippen LogP) is 2.06. The van der Waals surface area contributed by atoms with Crippen molar-refractivity contribution in [2.45, 2.75) is 23.6 Å². The first kappa shape index (κ1) is 15.3. The molecule has 1 fully saturated rings. The molecule has 22 heavy (non-hydrogen) atoms. The molecule has 3 heterocycles. The third-order valence-corrected chi connectivity index (χ3v) is 6.92. The number of sulfonamides is 1. The highest BCUT2D eigenvalue weighted by atomic mass is 32.2. The molecule has 2 aromatic rings. The van der Waals surface area contributed by atoms with E-state index in [4.69, 9.17) is 4.42 Å². The molecule has 0 aromatic carbocycles. The van der Waals surface area contributed by atoms with Crippen LogP contribution in [0.1, 0.15) is 28.3 Å². The zero-order valence-electron chi connectivity index (χ0n) is 11.8. The van der Waals surface area contributed by atoms with E-state index in [0.717, 1.165) is 17.7 Å². The van der Waals surface area contributed by atoms with E-state index in [1.165, 1.54) is 21.9 Å². The summed E-state index contributed by atoms with van der Waals surface area (Å²) < 4.78 is 31.7. The minimum absolute atomic E-state index is 0.237. The van der Waals surface area contributed by atoms with Crippen LogP contribution in [-0.2, 0) is 16.6 Å². The topological polar surface area (TPSA) is 79.6 Å². The monoisotopic (exact) mass is 340 g/mol. The molecule has 1 N–H and O–H groups in total. The van der Waals surface area contributed by atoms with Gasteiger partial charge in [0.1, 0.15) is 4.21 Å². The van der Waals surface area contributed by atoms with Gasteiger partial charge in [0.25, 0.3) is 15.9 Å². The Morgan fingerprint density at radius 3 is 2.73 bits per heavy atom. The summed E-state index contributed by atoms with van der Waals surface area (Å²) in [6, 6.07) is 6.55. The fourth-order valence-electron chi connectivity index (χ4n) is 2.31. The third kappa shape index (κ3) is 3.08. The quantitative estimate of drug-likeness (QED) is 0.903. The zero-order chi connectivity index (χ0) is 15.6. The van der Waals surface area contributed by atoms with E-state index < -0.39 is 10.0 Å². The van der Waals surface area contributed by atoms with Crippen molar-refractivity contribution < 1.29 is 17.6 Å². The van der Waals surface area contributed by atoms with Gasteiger partial charge in [0.15, 0.2) is 5.76 Å². The van der Waals surface area contributed by atoms with Crippen LogP contribution in [0.25, 0.3) is 0 Å². The van der Waals surface area contributed by atoms with Gasteiger partial charge in [-0.05, 0) is 37.1 Å². The number of rotatable bonds is 5. The molecule has 118 valence electrons. The van der Waals surface area contributed by atoms with Gasteiger partial charge >= 0.3 is 0 Å². The molecule has 0 aliphatic carbocycles. The number of hydrogen-bond acceptors (Lipinski definition) is 5. The summed E-state index contributed by atoms with van der Waals surface area (Å²) in [4.78, 5) is 12.6. The van der Waals surface area contributed by atoms with Gasteiger partial charge < -0.3 is 9.73 Å². The first-order chi connectivity index (χ1) is 10.6. The van der Waals surface area contributed by atoms with Gasteiger partial charge in [-0.3, -0.25) is 4.79 Å². The van der Waals surface area contributed by atoms with Crippen molar-refractivity contribution in [2.75, 3.05) is 13.1 Å². The molecule has 0 radical (unpaired) electrons. The van der Waals surface area contributed by atoms with E-state index in [-0.39, 0.29) is 18.2 Å². The second-order valence-corrected chi connectivity index (χ2v) is 8.33. The van der Waals surface area contributed by atoms with Gasteiger partial charge in [0.05, 0.1) is 12.8 Å². The lowest BCUT2D eigenvalue weighted by Gasteiger charge is -2.13. The Morgan fingerprint density at radius 2 is 2.05 bits per heavy atom. The lowest BCUT2D eigenvalue weighted by atomic mass is 10.4. The van der Waals surface area contributed by atoms with Crippen LogP contribution in [0.2, 0.25) is 0 Å². The summed E-state index contributed by atoms with van der Waals surface area (Å²) in [5, 5.41) is 2.70. The molecule has 1 aliphatic heterocycles. The average molecular weight is 340 g/mol. The van der Waals surface area contributed by atoms with Crippen LogP contribution >= 0.6 is 11.3 Å². The third-order valence-electron chi connectivity index (χ3n) is 3.46. The van der Waals surface area contributed by atoms with Crippen molar-refractivity contribution in [2.24, 2.45) is 0 Å². The lowest BCUT2D eigenvalue weighted by molar-refractivity contribution is 0.0923. The maximum Gasteiger partial charge on any atom is 0.287 e. The summed E-state index contributed by atoms with van der Waals surface area (Å²) >= 11 is 1.19. The van der Waals surface area contributed by atoms with Crippen LogP contribution in [-0.4, -0.2) is 31.7 Å². The first-order valence-electron chi connectivity index (χ1n) is 6.98. The Hall–Kier alpha value is -1.64. The molecule has 0 atom stereocenters. The van der Waals surface area contributed by atoms with Crippen LogP contribution in [0.4, 0.5) is 0 Å². The average Bonchev–Trinajstić information content (AvgIpc) is 3.27. The molecule has 0 unspecified atom stereocenters. The second kappa shape index (κ2) is 6.23. The zero-order valence-corrected chi connectivity index (χ0v) is 13.5. The Morgan fingerprint density at radius 1 is 1.27 bits per heavy atom. The van der Waals surface area contributed by atoms with E-state index in [2.05, 4.69) is 5.32 Å². The van der Waals surface area contributed by atoms with Gasteiger partial charge in [-0.1, -0.05) is 0 Å². The van der Waals surface area contributed by atoms with Crippen molar-refractivity contribution in [1.82, 2.24) is 9.62 Å². The van der Waals surface area contributed by atoms with Gasteiger partial charge in [0.2, 0.25) is 0 Å².